The van der Waals surface area contributed by atoms with Crippen molar-refractivity contribution in [3.63, 3.8) is 0 Å². The lowest BCUT2D eigenvalue weighted by Gasteiger charge is -2.22. The van der Waals surface area contributed by atoms with Crippen LogP contribution in [0.25, 0.3) is 0 Å². The van der Waals surface area contributed by atoms with E-state index in [1.165, 1.54) is 12.0 Å². The molecule has 0 fully saturated rings. The van der Waals surface area contributed by atoms with Gasteiger partial charge in [0.05, 0.1) is 7.11 Å². The summed E-state index contributed by atoms with van der Waals surface area (Å²) in [6.45, 7) is 8.96. The van der Waals surface area contributed by atoms with E-state index in [0.717, 1.165) is 11.7 Å². The third-order valence-corrected chi connectivity index (χ3v) is 2.95. The first-order chi connectivity index (χ1) is 8.02. The van der Waals surface area contributed by atoms with E-state index in [4.69, 9.17) is 4.74 Å². The third kappa shape index (κ3) is 4.78. The van der Waals surface area contributed by atoms with Crippen LogP contribution in [0.1, 0.15) is 45.7 Å². The molecule has 0 bridgehead atoms. The van der Waals surface area contributed by atoms with E-state index in [1.54, 1.807) is 7.11 Å². The summed E-state index contributed by atoms with van der Waals surface area (Å²) in [6.07, 6.45) is 1.20. The van der Waals surface area contributed by atoms with Crippen LogP contribution in [0.3, 0.4) is 0 Å². The number of rotatable bonds is 6. The van der Waals surface area contributed by atoms with Gasteiger partial charge in [-0.1, -0.05) is 26.0 Å². The predicted molar refractivity (Wildman–Crippen MR) is 73.5 cm³/mol. The van der Waals surface area contributed by atoms with Crippen molar-refractivity contribution in [2.45, 2.75) is 46.2 Å². The first kappa shape index (κ1) is 14.0. The molecule has 0 aromatic heterocycles. The highest BCUT2D eigenvalue weighted by atomic mass is 16.5. The first-order valence-electron chi connectivity index (χ1n) is 6.43. The van der Waals surface area contributed by atoms with Crippen LogP contribution in [0.5, 0.6) is 5.75 Å². The zero-order valence-electron chi connectivity index (χ0n) is 11.7. The largest absolute Gasteiger partial charge is 0.497 e. The quantitative estimate of drug-likeness (QED) is 0.810. The Morgan fingerprint density at radius 3 is 2.47 bits per heavy atom. The molecule has 0 aliphatic rings. The van der Waals surface area contributed by atoms with Gasteiger partial charge in [-0.05, 0) is 43.9 Å². The van der Waals surface area contributed by atoms with Crippen LogP contribution >= 0.6 is 0 Å². The van der Waals surface area contributed by atoms with E-state index in [-0.39, 0.29) is 0 Å². The number of ether oxygens (including phenoxy) is 1. The van der Waals surface area contributed by atoms with Crippen molar-refractivity contribution in [3.05, 3.63) is 29.8 Å². The van der Waals surface area contributed by atoms with E-state index in [2.05, 4.69) is 45.1 Å². The molecule has 1 aromatic carbocycles. The zero-order valence-corrected chi connectivity index (χ0v) is 11.7. The summed E-state index contributed by atoms with van der Waals surface area (Å²) >= 11 is 0. The molecule has 0 aliphatic heterocycles. The third-order valence-electron chi connectivity index (χ3n) is 2.95. The standard InChI is InChI=1S/C15H25NO/c1-11(2)9-12(3)16-13(4)14-7-6-8-15(10-14)17-5/h6-8,10-13,16H,9H2,1-5H3/t12?,13-/m0/s1. The van der Waals surface area contributed by atoms with Gasteiger partial charge in [0.25, 0.3) is 0 Å². The minimum Gasteiger partial charge on any atom is -0.497 e. The fourth-order valence-electron chi connectivity index (χ4n) is 2.21. The highest BCUT2D eigenvalue weighted by molar-refractivity contribution is 5.30. The van der Waals surface area contributed by atoms with E-state index in [0.29, 0.717) is 12.1 Å². The SMILES string of the molecule is COc1cccc([C@H](C)NC(C)CC(C)C)c1. The molecular formula is C15H25NO. The second kappa shape index (κ2) is 6.65. The molecule has 1 rings (SSSR count). The normalized spacial score (nSPS) is 14.7. The molecule has 17 heavy (non-hydrogen) atoms. The van der Waals surface area contributed by atoms with Gasteiger partial charge >= 0.3 is 0 Å². The van der Waals surface area contributed by atoms with E-state index >= 15 is 0 Å². The van der Waals surface area contributed by atoms with Crippen LogP contribution in [-0.2, 0) is 0 Å². The lowest BCUT2D eigenvalue weighted by molar-refractivity contribution is 0.400. The molecule has 0 spiro atoms. The van der Waals surface area contributed by atoms with Gasteiger partial charge in [0.15, 0.2) is 0 Å². The highest BCUT2D eigenvalue weighted by Crippen LogP contribution is 2.19. The molecule has 2 heteroatoms. The average molecular weight is 235 g/mol. The van der Waals surface area contributed by atoms with E-state index in [1.807, 2.05) is 12.1 Å². The van der Waals surface area contributed by atoms with Crippen molar-refractivity contribution in [3.8, 4) is 5.75 Å². The van der Waals surface area contributed by atoms with Crippen LogP contribution in [0, 0.1) is 5.92 Å². The van der Waals surface area contributed by atoms with Crippen LogP contribution in [-0.4, -0.2) is 13.2 Å². The molecule has 2 nitrogen and oxygen atoms in total. The van der Waals surface area contributed by atoms with Crippen LogP contribution in [0.4, 0.5) is 0 Å². The summed E-state index contributed by atoms with van der Waals surface area (Å²) in [4.78, 5) is 0. The molecule has 0 aliphatic carbocycles. The fourth-order valence-corrected chi connectivity index (χ4v) is 2.21. The number of hydrogen-bond acceptors (Lipinski definition) is 2. The average Bonchev–Trinajstić information content (AvgIpc) is 2.27. The number of methoxy groups -OCH3 is 1. The molecule has 96 valence electrons. The molecule has 0 saturated carbocycles. The van der Waals surface area contributed by atoms with Crippen molar-refractivity contribution < 1.29 is 4.74 Å². The Kier molecular flexibility index (Phi) is 5.49. The van der Waals surface area contributed by atoms with Gasteiger partial charge in [0, 0.05) is 12.1 Å². The van der Waals surface area contributed by atoms with Crippen molar-refractivity contribution in [2.24, 2.45) is 5.92 Å². The highest BCUT2D eigenvalue weighted by Gasteiger charge is 2.11. The van der Waals surface area contributed by atoms with Crippen LogP contribution in [0.2, 0.25) is 0 Å². The minimum absolute atomic E-state index is 0.360. The number of nitrogens with one attached hydrogen (secondary N) is 1. The molecule has 1 N–H and O–H groups in total. The van der Waals surface area contributed by atoms with Crippen LogP contribution < -0.4 is 10.1 Å². The van der Waals surface area contributed by atoms with E-state index in [9.17, 15) is 0 Å². The number of hydrogen-bond donors (Lipinski definition) is 1. The molecule has 1 unspecified atom stereocenters. The first-order valence-corrected chi connectivity index (χ1v) is 6.43. The van der Waals surface area contributed by atoms with Crippen molar-refractivity contribution in [1.29, 1.82) is 0 Å². The second-order valence-electron chi connectivity index (χ2n) is 5.20. The van der Waals surface area contributed by atoms with Gasteiger partial charge in [0.2, 0.25) is 0 Å². The number of benzene rings is 1. The summed E-state index contributed by atoms with van der Waals surface area (Å²) in [5, 5.41) is 3.62. The maximum Gasteiger partial charge on any atom is 0.119 e. The van der Waals surface area contributed by atoms with Gasteiger partial charge in [-0.2, -0.15) is 0 Å². The molecule has 1 aromatic rings. The van der Waals surface area contributed by atoms with Gasteiger partial charge in [-0.15, -0.1) is 0 Å². The molecule has 0 amide bonds. The Morgan fingerprint density at radius 1 is 1.18 bits per heavy atom. The fraction of sp³-hybridized carbons (Fsp3) is 0.600. The maximum absolute atomic E-state index is 5.25. The monoisotopic (exact) mass is 235 g/mol. The molecule has 0 saturated heterocycles. The van der Waals surface area contributed by atoms with E-state index < -0.39 is 0 Å². The van der Waals surface area contributed by atoms with Crippen molar-refractivity contribution >= 4 is 0 Å². The predicted octanol–water partition coefficient (Wildman–Crippen LogP) is 3.78. The second-order valence-corrected chi connectivity index (χ2v) is 5.20. The zero-order chi connectivity index (χ0) is 12.8. The van der Waals surface area contributed by atoms with Crippen LogP contribution in [0.15, 0.2) is 24.3 Å². The minimum atomic E-state index is 0.360. The smallest absolute Gasteiger partial charge is 0.119 e. The Balaban J connectivity index is 2.59. The van der Waals surface area contributed by atoms with Gasteiger partial charge in [-0.25, -0.2) is 0 Å². The van der Waals surface area contributed by atoms with Crippen molar-refractivity contribution in [1.82, 2.24) is 5.32 Å². The summed E-state index contributed by atoms with van der Waals surface area (Å²) in [7, 11) is 1.71. The molecule has 0 heterocycles. The Hall–Kier alpha value is -1.02. The van der Waals surface area contributed by atoms with Crippen molar-refractivity contribution in [2.75, 3.05) is 7.11 Å². The van der Waals surface area contributed by atoms with Gasteiger partial charge in [0.1, 0.15) is 5.75 Å². The Bertz CT molecular complexity index is 335. The summed E-state index contributed by atoms with van der Waals surface area (Å²) in [6, 6.07) is 9.16. The van der Waals surface area contributed by atoms with Gasteiger partial charge in [-0.3, -0.25) is 0 Å². The summed E-state index contributed by atoms with van der Waals surface area (Å²) in [5.41, 5.74) is 1.28. The summed E-state index contributed by atoms with van der Waals surface area (Å²) in [5.74, 6) is 1.66. The van der Waals surface area contributed by atoms with Gasteiger partial charge < -0.3 is 10.1 Å². The lowest BCUT2D eigenvalue weighted by Crippen LogP contribution is -2.30. The Morgan fingerprint density at radius 2 is 1.88 bits per heavy atom. The molecular weight excluding hydrogens is 210 g/mol. The molecule has 2 atom stereocenters. The summed E-state index contributed by atoms with van der Waals surface area (Å²) < 4.78 is 5.25. The Labute approximate surface area is 105 Å². The molecule has 0 radical (unpaired) electrons. The topological polar surface area (TPSA) is 21.3 Å². The maximum atomic E-state index is 5.25. The lowest BCUT2D eigenvalue weighted by atomic mass is 10.0.